The van der Waals surface area contributed by atoms with Crippen molar-refractivity contribution in [2.75, 3.05) is 0 Å². The fourth-order valence-electron chi connectivity index (χ4n) is 2.62. The van der Waals surface area contributed by atoms with Crippen molar-refractivity contribution in [3.8, 4) is 6.07 Å². The molecule has 1 aliphatic carbocycles. The second-order valence-corrected chi connectivity index (χ2v) is 7.46. The first kappa shape index (κ1) is 14.6. The fraction of sp³-hybridized carbons (Fsp3) is 0.533. The Labute approximate surface area is 122 Å². The molecule has 1 aromatic rings. The summed E-state index contributed by atoms with van der Waals surface area (Å²) in [4.78, 5) is 0. The lowest BCUT2D eigenvalue weighted by molar-refractivity contribution is 0.389. The van der Waals surface area contributed by atoms with Gasteiger partial charge >= 0.3 is 0 Å². The molecule has 1 aromatic carbocycles. The van der Waals surface area contributed by atoms with Crippen LogP contribution in [0.3, 0.4) is 0 Å². The highest BCUT2D eigenvalue weighted by Gasteiger charge is 2.24. The van der Waals surface area contributed by atoms with Crippen molar-refractivity contribution in [2.45, 2.75) is 43.6 Å². The van der Waals surface area contributed by atoms with Crippen molar-refractivity contribution < 1.29 is 4.21 Å². The Kier molecular flexibility index (Phi) is 5.01. The zero-order valence-corrected chi connectivity index (χ0v) is 12.6. The van der Waals surface area contributed by atoms with Crippen LogP contribution in [-0.2, 0) is 16.6 Å². The standard InChI is InChI=1S/C15H18ClNOS/c1-11-3-2-4-14(7-11)19(18)10-13-6-5-12(9-17)8-15(13)16/h5-6,8,11,14H,2-4,7,10H2,1H3. The average molecular weight is 296 g/mol. The molecule has 1 fully saturated rings. The third-order valence-electron chi connectivity index (χ3n) is 3.74. The average Bonchev–Trinajstić information content (AvgIpc) is 2.41. The summed E-state index contributed by atoms with van der Waals surface area (Å²) in [5, 5.41) is 9.65. The van der Waals surface area contributed by atoms with Crippen LogP contribution in [0.15, 0.2) is 18.2 Å². The molecular weight excluding hydrogens is 278 g/mol. The first-order valence-electron chi connectivity index (χ1n) is 6.66. The highest BCUT2D eigenvalue weighted by Crippen LogP contribution is 2.29. The van der Waals surface area contributed by atoms with Crippen molar-refractivity contribution in [2.24, 2.45) is 5.92 Å². The molecule has 0 heterocycles. The molecule has 2 rings (SSSR count). The monoisotopic (exact) mass is 295 g/mol. The minimum Gasteiger partial charge on any atom is -0.259 e. The summed E-state index contributed by atoms with van der Waals surface area (Å²) >= 11 is 6.13. The largest absolute Gasteiger partial charge is 0.259 e. The number of benzene rings is 1. The molecule has 0 aromatic heterocycles. The highest BCUT2D eigenvalue weighted by molar-refractivity contribution is 7.84. The summed E-state index contributed by atoms with van der Waals surface area (Å²) in [6.07, 6.45) is 4.55. The number of halogens is 1. The van der Waals surface area contributed by atoms with Gasteiger partial charge in [-0.15, -0.1) is 0 Å². The molecule has 1 aliphatic rings. The summed E-state index contributed by atoms with van der Waals surface area (Å²) in [5.74, 6) is 1.18. The van der Waals surface area contributed by atoms with Gasteiger partial charge in [0.2, 0.25) is 0 Å². The van der Waals surface area contributed by atoms with Gasteiger partial charge in [-0.3, -0.25) is 4.21 Å². The molecular formula is C15H18ClNOS. The third kappa shape index (κ3) is 3.81. The molecule has 4 heteroatoms. The van der Waals surface area contributed by atoms with E-state index in [4.69, 9.17) is 16.9 Å². The minimum atomic E-state index is -0.864. The number of hydrogen-bond acceptors (Lipinski definition) is 2. The molecule has 2 nitrogen and oxygen atoms in total. The summed E-state index contributed by atoms with van der Waals surface area (Å²) in [5.41, 5.74) is 1.43. The molecule has 0 aliphatic heterocycles. The van der Waals surface area contributed by atoms with Gasteiger partial charge in [0.15, 0.2) is 0 Å². The van der Waals surface area contributed by atoms with Crippen LogP contribution in [0, 0.1) is 17.2 Å². The second-order valence-electron chi connectivity index (χ2n) is 5.34. The number of hydrogen-bond donors (Lipinski definition) is 0. The Morgan fingerprint density at radius 2 is 2.26 bits per heavy atom. The van der Waals surface area contributed by atoms with Crippen LogP contribution < -0.4 is 0 Å². The summed E-state index contributed by atoms with van der Waals surface area (Å²) in [7, 11) is -0.864. The second kappa shape index (κ2) is 6.54. The molecule has 3 atom stereocenters. The molecule has 0 amide bonds. The van der Waals surface area contributed by atoms with Gasteiger partial charge in [-0.05, 0) is 36.5 Å². The van der Waals surface area contributed by atoms with E-state index in [0.29, 0.717) is 27.5 Å². The van der Waals surface area contributed by atoms with Crippen LogP contribution in [0.4, 0.5) is 0 Å². The van der Waals surface area contributed by atoms with E-state index in [9.17, 15) is 4.21 Å². The summed E-state index contributed by atoms with van der Waals surface area (Å²) < 4.78 is 12.4. The molecule has 19 heavy (non-hydrogen) atoms. The molecule has 102 valence electrons. The van der Waals surface area contributed by atoms with E-state index in [1.165, 1.54) is 12.8 Å². The van der Waals surface area contributed by atoms with Crippen LogP contribution in [0.1, 0.15) is 43.7 Å². The molecule has 3 unspecified atom stereocenters. The normalized spacial score (nSPS) is 24.7. The van der Waals surface area contributed by atoms with Gasteiger partial charge < -0.3 is 0 Å². The molecule has 0 spiro atoms. The molecule has 0 saturated heterocycles. The van der Waals surface area contributed by atoms with E-state index in [1.54, 1.807) is 12.1 Å². The number of nitrogens with zero attached hydrogens (tertiary/aromatic N) is 1. The van der Waals surface area contributed by atoms with Gasteiger partial charge in [-0.1, -0.05) is 37.4 Å². The van der Waals surface area contributed by atoms with E-state index in [-0.39, 0.29) is 0 Å². The lowest BCUT2D eigenvalue weighted by Crippen LogP contribution is -2.24. The Balaban J connectivity index is 2.04. The van der Waals surface area contributed by atoms with E-state index in [2.05, 4.69) is 13.0 Å². The highest BCUT2D eigenvalue weighted by atomic mass is 35.5. The first-order valence-corrected chi connectivity index (χ1v) is 8.42. The van der Waals surface area contributed by atoms with Crippen molar-refractivity contribution in [1.82, 2.24) is 0 Å². The molecule has 0 N–H and O–H groups in total. The lowest BCUT2D eigenvalue weighted by Gasteiger charge is -2.26. The van der Waals surface area contributed by atoms with E-state index >= 15 is 0 Å². The van der Waals surface area contributed by atoms with Crippen LogP contribution in [0.5, 0.6) is 0 Å². The lowest BCUT2D eigenvalue weighted by atomic mass is 9.91. The van der Waals surface area contributed by atoms with E-state index < -0.39 is 10.8 Å². The minimum absolute atomic E-state index is 0.301. The van der Waals surface area contributed by atoms with Crippen LogP contribution in [0.2, 0.25) is 5.02 Å². The number of nitriles is 1. The summed E-state index contributed by atoms with van der Waals surface area (Å²) in [6.45, 7) is 2.23. The summed E-state index contributed by atoms with van der Waals surface area (Å²) in [6, 6.07) is 7.27. The maximum absolute atomic E-state index is 12.4. The third-order valence-corrected chi connectivity index (χ3v) is 5.86. The molecule has 1 saturated carbocycles. The van der Waals surface area contributed by atoms with Gasteiger partial charge in [0, 0.05) is 21.1 Å². The fourth-order valence-corrected chi connectivity index (χ4v) is 4.72. The van der Waals surface area contributed by atoms with Crippen molar-refractivity contribution in [1.29, 1.82) is 5.26 Å². The van der Waals surface area contributed by atoms with Crippen molar-refractivity contribution >= 4 is 22.4 Å². The number of rotatable bonds is 3. The van der Waals surface area contributed by atoms with Gasteiger partial charge in [0.1, 0.15) is 0 Å². The van der Waals surface area contributed by atoms with Crippen molar-refractivity contribution in [3.63, 3.8) is 0 Å². The van der Waals surface area contributed by atoms with Crippen LogP contribution in [-0.4, -0.2) is 9.46 Å². The Hall–Kier alpha value is -0.850. The van der Waals surface area contributed by atoms with Gasteiger partial charge in [0.05, 0.1) is 17.4 Å². The van der Waals surface area contributed by atoms with Gasteiger partial charge in [-0.25, -0.2) is 0 Å². The SMILES string of the molecule is CC1CCCC(S(=O)Cc2ccc(C#N)cc2Cl)C1. The first-order chi connectivity index (χ1) is 9.10. The smallest absolute Gasteiger partial charge is 0.0992 e. The predicted molar refractivity (Wildman–Crippen MR) is 79.4 cm³/mol. The maximum Gasteiger partial charge on any atom is 0.0992 e. The quantitative estimate of drug-likeness (QED) is 0.844. The van der Waals surface area contributed by atoms with Crippen molar-refractivity contribution in [3.05, 3.63) is 34.3 Å². The maximum atomic E-state index is 12.4. The molecule has 0 radical (unpaired) electrons. The van der Waals surface area contributed by atoms with Gasteiger partial charge in [0.25, 0.3) is 0 Å². The Bertz CT molecular complexity index is 523. The van der Waals surface area contributed by atoms with Gasteiger partial charge in [-0.2, -0.15) is 5.26 Å². The Morgan fingerprint density at radius 3 is 2.89 bits per heavy atom. The van der Waals surface area contributed by atoms with E-state index in [1.807, 2.05) is 6.07 Å². The topological polar surface area (TPSA) is 40.9 Å². The molecule has 0 bridgehead atoms. The predicted octanol–water partition coefficient (Wildman–Crippen LogP) is 4.04. The van der Waals surface area contributed by atoms with Crippen LogP contribution in [0.25, 0.3) is 0 Å². The van der Waals surface area contributed by atoms with Crippen LogP contribution >= 0.6 is 11.6 Å². The Morgan fingerprint density at radius 1 is 1.47 bits per heavy atom. The van der Waals surface area contributed by atoms with E-state index in [0.717, 1.165) is 18.4 Å². The zero-order chi connectivity index (χ0) is 13.8. The zero-order valence-electron chi connectivity index (χ0n) is 11.1.